The van der Waals surface area contributed by atoms with Crippen LogP contribution in [0, 0.1) is 42.4 Å². The number of esters is 1. The van der Waals surface area contributed by atoms with Crippen LogP contribution in [0.3, 0.4) is 0 Å². The third kappa shape index (κ3) is 9.80. The van der Waals surface area contributed by atoms with Crippen molar-refractivity contribution < 1.29 is 53.1 Å². The quantitative estimate of drug-likeness (QED) is 0.0511. The highest BCUT2D eigenvalue weighted by Gasteiger charge is 2.50. The van der Waals surface area contributed by atoms with E-state index >= 15 is 0 Å². The number of amides is 1. The van der Waals surface area contributed by atoms with Crippen LogP contribution in [0.4, 0.5) is 11.4 Å². The highest BCUT2D eigenvalue weighted by molar-refractivity contribution is 6.22. The Balaban J connectivity index is 1.41. The van der Waals surface area contributed by atoms with Crippen molar-refractivity contribution in [1.29, 1.82) is 0 Å². The SMILES string of the molecule is CCCNCC1CCN(c2cc(O)c3nc4c5c6c7c(C)c(O)c5c(=O)c(c-4oc3c2)NC(=O)/C(C)=C\C=C\[C@H](C)[C@H](O)[C@@H](C)[C@@H](C)[C@@H](C)[C@H](OC(C)=O)[C@H](C)[C@@H](OC)/C=C/O[C@@](C)(O7)C6=O)CC1. The number of Topliss-reactive ketones (excluding diaryl/α,β-unsaturated/α-hetero) is 1. The van der Waals surface area contributed by atoms with E-state index in [-0.39, 0.29) is 90.9 Å². The molecule has 0 unspecified atom stereocenters. The number of anilines is 2. The second kappa shape index (κ2) is 20.6. The number of carbonyl (C=O) groups excluding carboxylic acids is 3. The number of piperidine rings is 1. The van der Waals surface area contributed by atoms with Gasteiger partial charge in [-0.25, -0.2) is 4.98 Å². The molecule has 2 aromatic carbocycles. The van der Waals surface area contributed by atoms with Gasteiger partial charge in [0, 0.05) is 80.2 Å². The van der Waals surface area contributed by atoms with Gasteiger partial charge in [0.25, 0.3) is 11.7 Å². The number of fused-ring (bicyclic) bond motifs is 14. The standard InChI is InChI=1S/C53H68N4O12/c1-12-19-54-25-34-16-20-57(21-17-34)35-23-36(59)42-38(24-35)68-50-43(55-42)39-40-46(61)32(8)49-41(39)51(63)53(10,69-49)66-22-18-37(65-11)31(7)48(67-33(9)58)30(6)28(4)29(5)45(60)26(2)14-13-15-27(3)52(64)56-44(50)47(40)62/h13-15,18,22-24,26,28-31,34,37,45,48,54,59-61H,12,16-17,19-21,25H2,1-11H3,(H,56,64)/b14-13+,22-18+,27-15-/t26-,28+,29-,30+,31+,37-,45-,48-,53-/m0/s1. The number of methoxy groups -OCH3 is 1. The predicted molar refractivity (Wildman–Crippen MR) is 264 cm³/mol. The third-order valence-electron chi connectivity index (χ3n) is 14.8. The molecule has 16 heteroatoms. The van der Waals surface area contributed by atoms with E-state index in [0.717, 1.165) is 45.4 Å². The molecule has 0 spiro atoms. The van der Waals surface area contributed by atoms with Crippen molar-refractivity contribution in [2.24, 2.45) is 35.5 Å². The number of ketones is 1. The average Bonchev–Trinajstić information content (AvgIpc) is 3.59. The molecule has 372 valence electrons. The van der Waals surface area contributed by atoms with Crippen molar-refractivity contribution in [3.05, 3.63) is 69.6 Å². The number of aliphatic hydroxyl groups excluding tert-OH is 1. The van der Waals surface area contributed by atoms with Gasteiger partial charge in [0.1, 0.15) is 40.3 Å². The van der Waals surface area contributed by atoms with Gasteiger partial charge in [0.2, 0.25) is 5.43 Å². The van der Waals surface area contributed by atoms with Crippen LogP contribution in [0.5, 0.6) is 17.2 Å². The van der Waals surface area contributed by atoms with E-state index in [0.29, 0.717) is 11.6 Å². The van der Waals surface area contributed by atoms with Gasteiger partial charge in [-0.1, -0.05) is 59.8 Å². The Kier molecular flexibility index (Phi) is 15.2. The molecule has 16 nitrogen and oxygen atoms in total. The third-order valence-corrected chi connectivity index (χ3v) is 14.8. The molecule has 5 aliphatic heterocycles. The maximum absolute atomic E-state index is 14.9. The molecule has 0 radical (unpaired) electrons. The summed E-state index contributed by atoms with van der Waals surface area (Å²) in [6.07, 6.45) is 8.60. The van der Waals surface area contributed by atoms with Crippen molar-refractivity contribution in [3.63, 3.8) is 0 Å². The van der Waals surface area contributed by atoms with E-state index in [9.17, 15) is 34.5 Å². The summed E-state index contributed by atoms with van der Waals surface area (Å²) in [4.78, 5) is 63.4. The number of phenolic OH excluding ortho intramolecular Hbond substituents is 2. The van der Waals surface area contributed by atoms with Gasteiger partial charge in [0.05, 0.1) is 29.4 Å². The monoisotopic (exact) mass is 952 g/mol. The highest BCUT2D eigenvalue weighted by atomic mass is 16.7. The molecule has 6 aliphatic rings. The molecule has 5 N–H and O–H groups in total. The maximum atomic E-state index is 14.9. The number of aromatic hydroxyl groups is 2. The van der Waals surface area contributed by atoms with Crippen LogP contribution in [-0.2, 0) is 23.8 Å². The fraction of sp³-hybridized carbons (Fsp3) is 0.528. The number of hydrogen-bond acceptors (Lipinski definition) is 15. The van der Waals surface area contributed by atoms with Crippen molar-refractivity contribution in [3.8, 4) is 28.7 Å². The number of phenols is 2. The number of benzene rings is 3. The first kappa shape index (κ1) is 50.9. The molecule has 5 heterocycles. The van der Waals surface area contributed by atoms with Gasteiger partial charge < -0.3 is 54.2 Å². The number of aromatic nitrogens is 1. The zero-order valence-corrected chi connectivity index (χ0v) is 41.6. The largest absolute Gasteiger partial charge is 0.507 e. The van der Waals surface area contributed by atoms with Crippen LogP contribution in [0.1, 0.15) is 97.5 Å². The summed E-state index contributed by atoms with van der Waals surface area (Å²) < 4.78 is 30.8. The lowest BCUT2D eigenvalue weighted by Gasteiger charge is -2.39. The van der Waals surface area contributed by atoms with Crippen molar-refractivity contribution >= 4 is 50.9 Å². The van der Waals surface area contributed by atoms with Crippen molar-refractivity contribution in [2.75, 3.05) is 43.5 Å². The minimum Gasteiger partial charge on any atom is -0.507 e. The smallest absolute Gasteiger partial charge is 0.312 e. The van der Waals surface area contributed by atoms with Crippen LogP contribution >= 0.6 is 0 Å². The lowest BCUT2D eigenvalue weighted by atomic mass is 9.73. The summed E-state index contributed by atoms with van der Waals surface area (Å²) in [6.45, 7) is 20.9. The number of nitrogens with zero attached hydrogens (tertiary/aromatic N) is 2. The second-order valence-electron chi connectivity index (χ2n) is 19.5. The molecule has 1 amide bonds. The van der Waals surface area contributed by atoms with Crippen molar-refractivity contribution in [2.45, 2.75) is 113 Å². The first-order chi connectivity index (χ1) is 32.7. The van der Waals surface area contributed by atoms with Gasteiger partial charge in [-0.15, -0.1) is 0 Å². The first-order valence-electron chi connectivity index (χ1n) is 24.1. The first-order valence-corrected chi connectivity index (χ1v) is 24.1. The minimum atomic E-state index is -2.04. The summed E-state index contributed by atoms with van der Waals surface area (Å²) in [7, 11) is 1.50. The molecule has 69 heavy (non-hydrogen) atoms. The fourth-order valence-corrected chi connectivity index (χ4v) is 10.2. The van der Waals surface area contributed by atoms with Gasteiger partial charge in [-0.05, 0) is 75.9 Å². The molecule has 9 atom stereocenters. The van der Waals surface area contributed by atoms with E-state index in [1.54, 1.807) is 43.4 Å². The van der Waals surface area contributed by atoms with Gasteiger partial charge in [-0.2, -0.15) is 0 Å². The zero-order chi connectivity index (χ0) is 50.2. The Morgan fingerprint density at radius 2 is 1.71 bits per heavy atom. The predicted octanol–water partition coefficient (Wildman–Crippen LogP) is 8.15. The molecule has 0 aromatic heterocycles. The van der Waals surface area contributed by atoms with Crippen LogP contribution in [0.15, 0.2) is 57.5 Å². The molecular formula is C53H68N4O12. The topological polar surface area (TPSA) is 219 Å². The molecule has 1 fully saturated rings. The summed E-state index contributed by atoms with van der Waals surface area (Å²) >= 11 is 0. The summed E-state index contributed by atoms with van der Waals surface area (Å²) in [5, 5.41) is 40.9. The van der Waals surface area contributed by atoms with E-state index in [1.807, 2.05) is 34.6 Å². The summed E-state index contributed by atoms with van der Waals surface area (Å²) in [5.74, 6) is -5.93. The van der Waals surface area contributed by atoms with Crippen LogP contribution in [0.25, 0.3) is 33.3 Å². The molecule has 1 saturated heterocycles. The fourth-order valence-electron chi connectivity index (χ4n) is 10.2. The molecule has 1 aliphatic carbocycles. The molecule has 8 rings (SSSR count). The Morgan fingerprint density at radius 1 is 1.00 bits per heavy atom. The maximum Gasteiger partial charge on any atom is 0.312 e. The van der Waals surface area contributed by atoms with E-state index < -0.39 is 58.9 Å². The Morgan fingerprint density at radius 3 is 2.38 bits per heavy atom. The average molecular weight is 953 g/mol. The summed E-state index contributed by atoms with van der Waals surface area (Å²) in [6, 6.07) is 3.33. The number of allylic oxidation sites excluding steroid dienone is 2. The van der Waals surface area contributed by atoms with Crippen LogP contribution < -0.4 is 25.7 Å². The molecular weight excluding hydrogens is 885 g/mol. The number of ether oxygens (including phenoxy) is 4. The van der Waals surface area contributed by atoms with Gasteiger partial charge in [0.15, 0.2) is 11.3 Å². The Labute approximate surface area is 403 Å². The number of carbonyl (C=O) groups is 3. The molecule has 2 aromatic rings. The highest BCUT2D eigenvalue weighted by Crippen LogP contribution is 2.51. The summed E-state index contributed by atoms with van der Waals surface area (Å²) in [5.41, 5.74) is -0.384. The lowest BCUT2D eigenvalue weighted by molar-refractivity contribution is -0.157. The van der Waals surface area contributed by atoms with Gasteiger partial charge >= 0.3 is 11.8 Å². The second-order valence-corrected chi connectivity index (χ2v) is 19.5. The number of aliphatic hydroxyl groups is 1. The minimum absolute atomic E-state index is 0.0137. The van der Waals surface area contributed by atoms with Crippen LogP contribution in [0.2, 0.25) is 0 Å². The van der Waals surface area contributed by atoms with Crippen LogP contribution in [-0.4, -0.2) is 95.4 Å². The van der Waals surface area contributed by atoms with E-state index in [4.69, 9.17) is 28.3 Å². The number of nitrogens with one attached hydrogen (secondary N) is 2. The normalized spacial score (nSPS) is 29.2. The number of rotatable bonds is 7. The number of hydrogen-bond donors (Lipinski definition) is 5. The molecule has 5 bridgehead atoms. The van der Waals surface area contributed by atoms with Crippen molar-refractivity contribution in [1.82, 2.24) is 10.3 Å². The molecule has 0 saturated carbocycles. The Hall–Kier alpha value is -5.97. The Bertz CT molecular complexity index is 2740. The van der Waals surface area contributed by atoms with E-state index in [2.05, 4.69) is 22.5 Å². The van der Waals surface area contributed by atoms with E-state index in [1.165, 1.54) is 34.1 Å². The van der Waals surface area contributed by atoms with Gasteiger partial charge in [-0.3, -0.25) is 19.2 Å². The lowest BCUT2D eigenvalue weighted by Crippen LogP contribution is -2.43. The zero-order valence-electron chi connectivity index (χ0n) is 41.6.